The minimum atomic E-state index is -0.759. The predicted octanol–water partition coefficient (Wildman–Crippen LogP) is 1.27. The number of nitriles is 1. The van der Waals surface area contributed by atoms with E-state index in [2.05, 4.69) is 16.3 Å². The molecule has 4 rings (SSSR count). The summed E-state index contributed by atoms with van der Waals surface area (Å²) in [6, 6.07) is 2.53. The van der Waals surface area contributed by atoms with E-state index < -0.39 is 5.41 Å². The van der Waals surface area contributed by atoms with Crippen molar-refractivity contribution in [3.63, 3.8) is 0 Å². The van der Waals surface area contributed by atoms with Gasteiger partial charge in [-0.05, 0) is 38.5 Å². The van der Waals surface area contributed by atoms with Gasteiger partial charge >= 0.3 is 0 Å². The molecule has 0 unspecified atom stereocenters. The third-order valence-corrected chi connectivity index (χ3v) is 7.23. The quantitative estimate of drug-likeness (QED) is 0.836. The predicted molar refractivity (Wildman–Crippen MR) is 92.3 cm³/mol. The highest BCUT2D eigenvalue weighted by Crippen LogP contribution is 2.71. The average Bonchev–Trinajstić information content (AvgIpc) is 2.85. The van der Waals surface area contributed by atoms with E-state index >= 15 is 0 Å². The summed E-state index contributed by atoms with van der Waals surface area (Å²) in [7, 11) is 1.87. The van der Waals surface area contributed by atoms with E-state index in [1.807, 2.05) is 11.9 Å². The summed E-state index contributed by atoms with van der Waals surface area (Å²) in [5.74, 6) is 0.194. The van der Waals surface area contributed by atoms with E-state index in [1.165, 1.54) is 0 Å². The molecule has 1 N–H and O–H groups in total. The second-order valence-electron chi connectivity index (χ2n) is 8.53. The lowest BCUT2D eigenvalue weighted by Crippen LogP contribution is -2.51. The van der Waals surface area contributed by atoms with Crippen molar-refractivity contribution in [2.45, 2.75) is 63.5 Å². The molecule has 1 spiro atoms. The molecule has 0 aromatic heterocycles. The van der Waals surface area contributed by atoms with Crippen molar-refractivity contribution >= 4 is 11.8 Å². The minimum absolute atomic E-state index is 0.0204. The summed E-state index contributed by atoms with van der Waals surface area (Å²) in [4.78, 5) is 29.1. The van der Waals surface area contributed by atoms with Crippen LogP contribution in [0.1, 0.15) is 51.4 Å². The number of amides is 2. The van der Waals surface area contributed by atoms with Gasteiger partial charge in [-0.15, -0.1) is 0 Å². The molecule has 6 nitrogen and oxygen atoms in total. The van der Waals surface area contributed by atoms with Gasteiger partial charge in [0.25, 0.3) is 0 Å². The SMILES string of the molecule is CN1CC[C@@H](N2CCC(NC(=O)[C@]3(C#N)CC34CCCC4)CC2)C1=O. The Kier molecular flexibility index (Phi) is 4.03. The Hall–Kier alpha value is -1.61. The van der Waals surface area contributed by atoms with Crippen LogP contribution in [0.3, 0.4) is 0 Å². The molecular formula is C19H28N4O2. The molecule has 2 saturated carbocycles. The Balaban J connectivity index is 1.31. The molecule has 2 amide bonds. The van der Waals surface area contributed by atoms with Crippen molar-refractivity contribution in [2.24, 2.45) is 10.8 Å². The Morgan fingerprint density at radius 3 is 2.44 bits per heavy atom. The van der Waals surface area contributed by atoms with Gasteiger partial charge in [0.05, 0.1) is 12.1 Å². The van der Waals surface area contributed by atoms with Crippen molar-refractivity contribution in [3.05, 3.63) is 0 Å². The number of piperidine rings is 1. The lowest BCUT2D eigenvalue weighted by atomic mass is 9.90. The molecule has 0 bridgehead atoms. The van der Waals surface area contributed by atoms with Crippen LogP contribution < -0.4 is 5.32 Å². The second kappa shape index (κ2) is 5.98. The first kappa shape index (κ1) is 16.8. The molecule has 0 aromatic rings. The first-order chi connectivity index (χ1) is 12.0. The van der Waals surface area contributed by atoms with Gasteiger partial charge in [0, 0.05) is 38.1 Å². The van der Waals surface area contributed by atoms with Crippen molar-refractivity contribution < 1.29 is 9.59 Å². The molecule has 0 radical (unpaired) electrons. The highest BCUT2D eigenvalue weighted by Gasteiger charge is 2.72. The first-order valence-corrected chi connectivity index (χ1v) is 9.73. The second-order valence-corrected chi connectivity index (χ2v) is 8.53. The van der Waals surface area contributed by atoms with Crippen LogP contribution in [0.25, 0.3) is 0 Å². The lowest BCUT2D eigenvalue weighted by molar-refractivity contribution is -0.132. The maximum absolute atomic E-state index is 12.8. The Morgan fingerprint density at radius 1 is 1.20 bits per heavy atom. The molecule has 4 aliphatic rings. The number of carbonyl (C=O) groups excluding carboxylic acids is 2. The fourth-order valence-corrected chi connectivity index (χ4v) is 5.46. The number of hydrogen-bond acceptors (Lipinski definition) is 4. The molecule has 2 aliphatic carbocycles. The van der Waals surface area contributed by atoms with Gasteiger partial charge in [0.1, 0.15) is 5.41 Å². The number of nitrogens with zero attached hydrogens (tertiary/aromatic N) is 3. The van der Waals surface area contributed by atoms with E-state index in [1.54, 1.807) is 0 Å². The summed E-state index contributed by atoms with van der Waals surface area (Å²) in [5.41, 5.74) is -0.780. The zero-order chi connectivity index (χ0) is 17.7. The minimum Gasteiger partial charge on any atom is -0.352 e. The molecule has 2 atom stereocenters. The third kappa shape index (κ3) is 2.55. The van der Waals surface area contributed by atoms with E-state index in [0.717, 1.165) is 71.0 Å². The fourth-order valence-electron chi connectivity index (χ4n) is 5.46. The fraction of sp³-hybridized carbons (Fsp3) is 0.842. The molecule has 0 aromatic carbocycles. The lowest BCUT2D eigenvalue weighted by Gasteiger charge is -2.35. The summed E-state index contributed by atoms with van der Waals surface area (Å²) in [5, 5.41) is 12.8. The van der Waals surface area contributed by atoms with Gasteiger partial charge in [-0.2, -0.15) is 5.26 Å². The van der Waals surface area contributed by atoms with Crippen LogP contribution >= 0.6 is 0 Å². The van der Waals surface area contributed by atoms with Crippen LogP contribution in [-0.4, -0.2) is 60.4 Å². The maximum atomic E-state index is 12.8. The molecule has 6 heteroatoms. The number of carbonyl (C=O) groups is 2. The van der Waals surface area contributed by atoms with Crippen LogP contribution in [0.5, 0.6) is 0 Å². The normalized spacial score (nSPS) is 35.1. The monoisotopic (exact) mass is 344 g/mol. The zero-order valence-corrected chi connectivity index (χ0v) is 15.1. The van der Waals surface area contributed by atoms with Gasteiger partial charge in [0.15, 0.2) is 0 Å². The smallest absolute Gasteiger partial charge is 0.241 e. The van der Waals surface area contributed by atoms with Crippen LogP contribution in [-0.2, 0) is 9.59 Å². The number of likely N-dealkylation sites (N-methyl/N-ethyl adjacent to an activating group) is 1. The average molecular weight is 344 g/mol. The number of hydrogen-bond donors (Lipinski definition) is 1. The van der Waals surface area contributed by atoms with Crippen LogP contribution in [0.15, 0.2) is 0 Å². The van der Waals surface area contributed by atoms with Crippen LogP contribution in [0.2, 0.25) is 0 Å². The first-order valence-electron chi connectivity index (χ1n) is 9.73. The Labute approximate surface area is 149 Å². The van der Waals surface area contributed by atoms with Gasteiger partial charge < -0.3 is 10.2 Å². The molecule has 2 aliphatic heterocycles. The summed E-state index contributed by atoms with van der Waals surface area (Å²) in [6.07, 6.45) is 7.77. The van der Waals surface area contributed by atoms with Gasteiger partial charge in [-0.25, -0.2) is 0 Å². The van der Waals surface area contributed by atoms with Crippen molar-refractivity contribution in [1.82, 2.24) is 15.1 Å². The van der Waals surface area contributed by atoms with E-state index in [4.69, 9.17) is 0 Å². The number of likely N-dealkylation sites (tertiary alicyclic amines) is 2. The van der Waals surface area contributed by atoms with Gasteiger partial charge in [0.2, 0.25) is 11.8 Å². The van der Waals surface area contributed by atoms with Gasteiger partial charge in [-0.1, -0.05) is 12.8 Å². The molecular weight excluding hydrogens is 316 g/mol. The van der Waals surface area contributed by atoms with E-state index in [-0.39, 0.29) is 29.3 Å². The zero-order valence-electron chi connectivity index (χ0n) is 15.1. The standard InChI is InChI=1S/C19H28N4O2/c1-22-9-6-15(16(22)24)23-10-4-14(5-11-23)21-17(25)19(13-20)12-18(19)7-2-3-8-18/h14-15H,2-12H2,1H3,(H,21,25)/t15-,19-/m1/s1. The Bertz CT molecular complexity index is 613. The highest BCUT2D eigenvalue weighted by atomic mass is 16.2. The number of nitrogens with one attached hydrogen (secondary N) is 1. The maximum Gasteiger partial charge on any atom is 0.241 e. The topological polar surface area (TPSA) is 76.4 Å². The van der Waals surface area contributed by atoms with Crippen molar-refractivity contribution in [3.8, 4) is 6.07 Å². The van der Waals surface area contributed by atoms with Crippen LogP contribution in [0.4, 0.5) is 0 Å². The summed E-state index contributed by atoms with van der Waals surface area (Å²) < 4.78 is 0. The summed E-state index contributed by atoms with van der Waals surface area (Å²) in [6.45, 7) is 2.53. The summed E-state index contributed by atoms with van der Waals surface area (Å²) >= 11 is 0. The van der Waals surface area contributed by atoms with Crippen molar-refractivity contribution in [2.75, 3.05) is 26.7 Å². The highest BCUT2D eigenvalue weighted by molar-refractivity contribution is 5.90. The third-order valence-electron chi connectivity index (χ3n) is 7.23. The molecule has 2 saturated heterocycles. The van der Waals surface area contributed by atoms with Crippen LogP contribution in [0, 0.1) is 22.2 Å². The van der Waals surface area contributed by atoms with E-state index in [0.29, 0.717) is 0 Å². The molecule has 136 valence electrons. The van der Waals surface area contributed by atoms with E-state index in [9.17, 15) is 14.9 Å². The number of rotatable bonds is 3. The Morgan fingerprint density at radius 2 is 1.88 bits per heavy atom. The van der Waals surface area contributed by atoms with Crippen molar-refractivity contribution in [1.29, 1.82) is 5.26 Å². The molecule has 4 fully saturated rings. The largest absolute Gasteiger partial charge is 0.352 e. The van der Waals surface area contributed by atoms with Gasteiger partial charge in [-0.3, -0.25) is 14.5 Å². The molecule has 2 heterocycles. The molecule has 25 heavy (non-hydrogen) atoms.